The molecule has 0 bridgehead atoms. The van der Waals surface area contributed by atoms with E-state index >= 15 is 0 Å². The number of methoxy groups -OCH3 is 3. The van der Waals surface area contributed by atoms with E-state index in [-0.39, 0.29) is 6.04 Å². The predicted octanol–water partition coefficient (Wildman–Crippen LogP) is 2.13. The van der Waals surface area contributed by atoms with Crippen LogP contribution in [0.2, 0.25) is 0 Å². The lowest BCUT2D eigenvalue weighted by molar-refractivity contribution is 0.0986. The summed E-state index contributed by atoms with van der Waals surface area (Å²) in [7, 11) is 4.76. The standard InChI is InChI=1S/C16H25NO4/c1-10-5-6-17-12(7-10)16(18)11-8-14(20-3)15(21-4)9-13(11)19-2/h8-10,12,16-18H,5-7H2,1-4H3. The van der Waals surface area contributed by atoms with E-state index < -0.39 is 6.10 Å². The van der Waals surface area contributed by atoms with Crippen molar-refractivity contribution in [3.05, 3.63) is 17.7 Å². The third-order valence-electron chi connectivity index (χ3n) is 4.14. The zero-order valence-electron chi connectivity index (χ0n) is 13.2. The van der Waals surface area contributed by atoms with Gasteiger partial charge in [0.15, 0.2) is 11.5 Å². The van der Waals surface area contributed by atoms with Gasteiger partial charge in [0.2, 0.25) is 0 Å². The highest BCUT2D eigenvalue weighted by molar-refractivity contribution is 5.51. The molecule has 118 valence electrons. The van der Waals surface area contributed by atoms with E-state index in [0.29, 0.717) is 23.2 Å². The van der Waals surface area contributed by atoms with Crippen molar-refractivity contribution in [3.8, 4) is 17.2 Å². The Hall–Kier alpha value is -1.46. The van der Waals surface area contributed by atoms with Gasteiger partial charge < -0.3 is 24.6 Å². The van der Waals surface area contributed by atoms with Crippen LogP contribution in [0.1, 0.15) is 31.4 Å². The molecule has 1 aliphatic heterocycles. The van der Waals surface area contributed by atoms with E-state index in [1.165, 1.54) is 0 Å². The molecular weight excluding hydrogens is 270 g/mol. The van der Waals surface area contributed by atoms with E-state index in [2.05, 4.69) is 12.2 Å². The van der Waals surface area contributed by atoms with E-state index in [0.717, 1.165) is 24.9 Å². The minimum absolute atomic E-state index is 0.0285. The first-order valence-electron chi connectivity index (χ1n) is 7.32. The predicted molar refractivity (Wildman–Crippen MR) is 81.2 cm³/mol. The number of hydrogen-bond acceptors (Lipinski definition) is 5. The molecule has 2 rings (SSSR count). The van der Waals surface area contributed by atoms with E-state index in [9.17, 15) is 5.11 Å². The summed E-state index contributed by atoms with van der Waals surface area (Å²) in [5.74, 6) is 2.41. The fourth-order valence-corrected chi connectivity index (χ4v) is 2.89. The maximum atomic E-state index is 10.7. The number of ether oxygens (including phenoxy) is 3. The number of nitrogens with one attached hydrogen (secondary N) is 1. The van der Waals surface area contributed by atoms with E-state index in [1.807, 2.05) is 0 Å². The monoisotopic (exact) mass is 295 g/mol. The lowest BCUT2D eigenvalue weighted by atomic mass is 9.88. The van der Waals surface area contributed by atoms with Crippen LogP contribution in [0.4, 0.5) is 0 Å². The molecule has 1 saturated heterocycles. The summed E-state index contributed by atoms with van der Waals surface area (Å²) in [4.78, 5) is 0. The molecule has 1 heterocycles. The molecule has 5 nitrogen and oxygen atoms in total. The number of piperidine rings is 1. The average molecular weight is 295 g/mol. The van der Waals surface area contributed by atoms with Gasteiger partial charge in [-0.15, -0.1) is 0 Å². The number of rotatable bonds is 5. The van der Waals surface area contributed by atoms with E-state index in [4.69, 9.17) is 14.2 Å². The Morgan fingerprint density at radius 1 is 1.10 bits per heavy atom. The van der Waals surface area contributed by atoms with Gasteiger partial charge in [0.05, 0.1) is 27.4 Å². The van der Waals surface area contributed by atoms with Gasteiger partial charge in [-0.1, -0.05) is 6.92 Å². The zero-order chi connectivity index (χ0) is 15.4. The Labute approximate surface area is 126 Å². The SMILES string of the molecule is COc1cc(OC)c(C(O)C2CC(C)CCN2)cc1OC. The minimum atomic E-state index is -0.637. The van der Waals surface area contributed by atoms with Gasteiger partial charge in [0, 0.05) is 17.7 Å². The maximum Gasteiger partial charge on any atom is 0.164 e. The molecule has 0 aromatic heterocycles. The third kappa shape index (κ3) is 3.41. The summed E-state index contributed by atoms with van der Waals surface area (Å²) in [6, 6.07) is 3.58. The molecule has 5 heteroatoms. The van der Waals surface area contributed by atoms with Gasteiger partial charge in [-0.25, -0.2) is 0 Å². The molecule has 21 heavy (non-hydrogen) atoms. The second-order valence-corrected chi connectivity index (χ2v) is 5.58. The molecule has 1 fully saturated rings. The summed E-state index contributed by atoms with van der Waals surface area (Å²) in [6.45, 7) is 3.14. The molecule has 0 aliphatic carbocycles. The van der Waals surface area contributed by atoms with Crippen molar-refractivity contribution in [2.45, 2.75) is 31.9 Å². The molecule has 0 spiro atoms. The Balaban J connectivity index is 2.32. The lowest BCUT2D eigenvalue weighted by Crippen LogP contribution is -2.41. The molecule has 1 aliphatic rings. The summed E-state index contributed by atoms with van der Waals surface area (Å²) in [5, 5.41) is 14.1. The van der Waals surface area contributed by atoms with Crippen LogP contribution < -0.4 is 19.5 Å². The number of hydrogen-bond donors (Lipinski definition) is 2. The number of benzene rings is 1. The summed E-state index contributed by atoms with van der Waals surface area (Å²) in [6.07, 6.45) is 1.45. The van der Waals surface area contributed by atoms with Gasteiger partial charge in [0.1, 0.15) is 5.75 Å². The average Bonchev–Trinajstić information content (AvgIpc) is 2.52. The first kappa shape index (κ1) is 15.9. The third-order valence-corrected chi connectivity index (χ3v) is 4.14. The van der Waals surface area contributed by atoms with Gasteiger partial charge in [0.25, 0.3) is 0 Å². The molecule has 3 unspecified atom stereocenters. The van der Waals surface area contributed by atoms with Gasteiger partial charge >= 0.3 is 0 Å². The molecule has 1 aromatic carbocycles. The summed E-state index contributed by atoms with van der Waals surface area (Å²) < 4.78 is 16.0. The van der Waals surface area contributed by atoms with Crippen molar-refractivity contribution < 1.29 is 19.3 Å². The summed E-state index contributed by atoms with van der Waals surface area (Å²) >= 11 is 0. The molecular formula is C16H25NO4. The van der Waals surface area contributed by atoms with Crippen LogP contribution in [0.3, 0.4) is 0 Å². The van der Waals surface area contributed by atoms with Crippen LogP contribution in [0, 0.1) is 5.92 Å². The highest BCUT2D eigenvalue weighted by Gasteiger charge is 2.29. The molecule has 0 radical (unpaired) electrons. The van der Waals surface area contributed by atoms with Crippen molar-refractivity contribution in [2.75, 3.05) is 27.9 Å². The highest BCUT2D eigenvalue weighted by Crippen LogP contribution is 2.39. The molecule has 0 amide bonds. The normalized spacial score (nSPS) is 23.5. The van der Waals surface area contributed by atoms with E-state index in [1.54, 1.807) is 33.5 Å². The van der Waals surface area contributed by atoms with Crippen molar-refractivity contribution in [1.29, 1.82) is 0 Å². The Bertz CT molecular complexity index is 478. The van der Waals surface area contributed by atoms with Crippen LogP contribution >= 0.6 is 0 Å². The zero-order valence-corrected chi connectivity index (χ0v) is 13.2. The molecule has 0 saturated carbocycles. The second kappa shape index (κ2) is 7.00. The Kier molecular flexibility index (Phi) is 5.31. The lowest BCUT2D eigenvalue weighted by Gasteiger charge is -2.32. The first-order chi connectivity index (χ1) is 10.1. The molecule has 3 atom stereocenters. The smallest absolute Gasteiger partial charge is 0.164 e. The van der Waals surface area contributed by atoms with Crippen molar-refractivity contribution in [3.63, 3.8) is 0 Å². The Morgan fingerprint density at radius 3 is 2.29 bits per heavy atom. The second-order valence-electron chi connectivity index (χ2n) is 5.58. The Morgan fingerprint density at radius 2 is 1.71 bits per heavy atom. The van der Waals surface area contributed by atoms with Crippen LogP contribution in [-0.2, 0) is 0 Å². The number of aliphatic hydroxyl groups excluding tert-OH is 1. The van der Waals surface area contributed by atoms with Gasteiger partial charge in [-0.3, -0.25) is 0 Å². The molecule has 1 aromatic rings. The summed E-state index contributed by atoms with van der Waals surface area (Å²) in [5.41, 5.74) is 0.724. The minimum Gasteiger partial charge on any atom is -0.496 e. The van der Waals surface area contributed by atoms with Crippen molar-refractivity contribution >= 4 is 0 Å². The van der Waals surface area contributed by atoms with Gasteiger partial charge in [-0.05, 0) is 31.4 Å². The quantitative estimate of drug-likeness (QED) is 0.871. The van der Waals surface area contributed by atoms with Crippen molar-refractivity contribution in [1.82, 2.24) is 5.32 Å². The van der Waals surface area contributed by atoms with Crippen molar-refractivity contribution in [2.24, 2.45) is 5.92 Å². The highest BCUT2D eigenvalue weighted by atomic mass is 16.5. The number of aliphatic hydroxyl groups is 1. The van der Waals surface area contributed by atoms with Crippen LogP contribution in [0.5, 0.6) is 17.2 Å². The fraction of sp³-hybridized carbons (Fsp3) is 0.625. The van der Waals surface area contributed by atoms with Crippen LogP contribution in [-0.4, -0.2) is 39.0 Å². The topological polar surface area (TPSA) is 60.0 Å². The molecule has 2 N–H and O–H groups in total. The fourth-order valence-electron chi connectivity index (χ4n) is 2.89. The first-order valence-corrected chi connectivity index (χ1v) is 7.32. The van der Waals surface area contributed by atoms with Gasteiger partial charge in [-0.2, -0.15) is 0 Å². The maximum absolute atomic E-state index is 10.7. The largest absolute Gasteiger partial charge is 0.496 e. The van der Waals surface area contributed by atoms with Crippen LogP contribution in [0.25, 0.3) is 0 Å². The van der Waals surface area contributed by atoms with Crippen LogP contribution in [0.15, 0.2) is 12.1 Å².